The number of benzene rings is 1. The Hall–Kier alpha value is -1.92. The number of nitrogens with two attached hydrogens (primary N) is 1. The summed E-state index contributed by atoms with van der Waals surface area (Å²) >= 11 is 0. The van der Waals surface area contributed by atoms with E-state index in [4.69, 9.17) is 5.73 Å². The van der Waals surface area contributed by atoms with Crippen LogP contribution in [0.4, 0.5) is 5.69 Å². The van der Waals surface area contributed by atoms with Gasteiger partial charge in [-0.2, -0.15) is 0 Å². The highest BCUT2D eigenvalue weighted by molar-refractivity contribution is 5.93. The maximum Gasteiger partial charge on any atom is 0.238 e. The molecule has 0 aliphatic carbocycles. The van der Waals surface area contributed by atoms with Gasteiger partial charge in [-0.1, -0.05) is 18.2 Å². The summed E-state index contributed by atoms with van der Waals surface area (Å²) in [6.07, 6.45) is 0.375. The lowest BCUT2D eigenvalue weighted by Crippen LogP contribution is -2.33. The molecule has 0 fully saturated rings. The predicted molar refractivity (Wildman–Crippen MR) is 79.1 cm³/mol. The average molecular weight is 278 g/mol. The number of carbonyl (C=O) groups excluding carboxylic acids is 2. The number of nitrogens with one attached hydrogen (secondary N) is 2. The van der Waals surface area contributed by atoms with Crippen molar-refractivity contribution in [1.29, 1.82) is 0 Å². The molecule has 0 saturated heterocycles. The second kappa shape index (κ2) is 8.29. The zero-order valence-corrected chi connectivity index (χ0v) is 12.0. The molecule has 1 rings (SSSR count). The van der Waals surface area contributed by atoms with Gasteiger partial charge in [-0.05, 0) is 18.7 Å². The van der Waals surface area contributed by atoms with E-state index >= 15 is 0 Å². The third-order valence-electron chi connectivity index (χ3n) is 2.92. The van der Waals surface area contributed by atoms with Crippen molar-refractivity contribution >= 4 is 17.5 Å². The molecular weight excluding hydrogens is 256 g/mol. The third kappa shape index (κ3) is 5.38. The van der Waals surface area contributed by atoms with Gasteiger partial charge in [0.1, 0.15) is 0 Å². The van der Waals surface area contributed by atoms with Crippen molar-refractivity contribution in [3.05, 3.63) is 29.8 Å². The molecule has 6 nitrogen and oxygen atoms in total. The van der Waals surface area contributed by atoms with Gasteiger partial charge >= 0.3 is 0 Å². The van der Waals surface area contributed by atoms with E-state index in [-0.39, 0.29) is 18.4 Å². The van der Waals surface area contributed by atoms with Crippen LogP contribution in [0.15, 0.2) is 24.3 Å². The molecule has 0 atom stereocenters. The van der Waals surface area contributed by atoms with E-state index in [1.807, 2.05) is 24.3 Å². The molecule has 6 heteroatoms. The molecule has 4 N–H and O–H groups in total. The van der Waals surface area contributed by atoms with Gasteiger partial charge in [0.25, 0.3) is 0 Å². The monoisotopic (exact) mass is 278 g/mol. The van der Waals surface area contributed by atoms with Crippen molar-refractivity contribution in [1.82, 2.24) is 10.2 Å². The lowest BCUT2D eigenvalue weighted by molar-refractivity contribution is -0.122. The van der Waals surface area contributed by atoms with Gasteiger partial charge < -0.3 is 16.4 Å². The summed E-state index contributed by atoms with van der Waals surface area (Å²) < 4.78 is 0. The predicted octanol–water partition coefficient (Wildman–Crippen LogP) is 0.152. The summed E-state index contributed by atoms with van der Waals surface area (Å²) in [6, 6.07) is 7.44. The largest absolute Gasteiger partial charge is 0.359 e. The minimum atomic E-state index is -0.120. The minimum absolute atomic E-state index is 0.0364. The molecule has 0 heterocycles. The quantitative estimate of drug-likeness (QED) is 0.662. The molecule has 0 aromatic heterocycles. The third-order valence-corrected chi connectivity index (χ3v) is 2.92. The molecule has 2 amide bonds. The molecule has 0 unspecified atom stereocenters. The topological polar surface area (TPSA) is 87.5 Å². The van der Waals surface area contributed by atoms with Crippen molar-refractivity contribution in [2.75, 3.05) is 32.5 Å². The summed E-state index contributed by atoms with van der Waals surface area (Å²) in [5.41, 5.74) is 7.25. The van der Waals surface area contributed by atoms with Crippen LogP contribution in [-0.2, 0) is 16.1 Å². The molecule has 0 saturated carbocycles. The number of amides is 2. The van der Waals surface area contributed by atoms with Crippen LogP contribution in [0.3, 0.4) is 0 Å². The second-order valence-electron chi connectivity index (χ2n) is 4.57. The first kappa shape index (κ1) is 16.1. The van der Waals surface area contributed by atoms with Gasteiger partial charge in [0.15, 0.2) is 0 Å². The molecule has 1 aromatic carbocycles. The van der Waals surface area contributed by atoms with Gasteiger partial charge in [0.2, 0.25) is 11.8 Å². The standard InChI is InChI=1S/C14H22N4O2/c1-16-13(19)7-8-18(2)10-14(20)17-12-6-4-3-5-11(12)9-15/h3-6H,7-10,15H2,1-2H3,(H,16,19)(H,17,20). The molecule has 0 radical (unpaired) electrons. The van der Waals surface area contributed by atoms with E-state index in [1.54, 1.807) is 19.0 Å². The zero-order valence-electron chi connectivity index (χ0n) is 12.0. The van der Waals surface area contributed by atoms with Gasteiger partial charge in [-0.3, -0.25) is 14.5 Å². The molecule has 20 heavy (non-hydrogen) atoms. The number of rotatable bonds is 7. The number of para-hydroxylation sites is 1. The molecule has 0 bridgehead atoms. The molecule has 1 aromatic rings. The highest BCUT2D eigenvalue weighted by Crippen LogP contribution is 2.13. The summed E-state index contributed by atoms with van der Waals surface area (Å²) in [6.45, 7) is 1.14. The second-order valence-corrected chi connectivity index (χ2v) is 4.57. The lowest BCUT2D eigenvalue weighted by atomic mass is 10.2. The van der Waals surface area contributed by atoms with E-state index in [2.05, 4.69) is 10.6 Å². The summed E-state index contributed by atoms with van der Waals surface area (Å²) in [4.78, 5) is 24.8. The fraction of sp³-hybridized carbons (Fsp3) is 0.429. The summed E-state index contributed by atoms with van der Waals surface area (Å²) in [5.74, 6) is -0.156. The highest BCUT2D eigenvalue weighted by Gasteiger charge is 2.09. The highest BCUT2D eigenvalue weighted by atomic mass is 16.2. The smallest absolute Gasteiger partial charge is 0.238 e. The Balaban J connectivity index is 2.45. The minimum Gasteiger partial charge on any atom is -0.359 e. The van der Waals surface area contributed by atoms with Crippen LogP contribution in [0.2, 0.25) is 0 Å². The van der Waals surface area contributed by atoms with Crippen LogP contribution < -0.4 is 16.4 Å². The molecule has 0 aliphatic rings. The van der Waals surface area contributed by atoms with E-state index in [1.165, 1.54) is 0 Å². The molecule has 110 valence electrons. The van der Waals surface area contributed by atoms with Crippen LogP contribution in [-0.4, -0.2) is 43.9 Å². The fourth-order valence-electron chi connectivity index (χ4n) is 1.75. The van der Waals surface area contributed by atoms with Crippen LogP contribution in [0.5, 0.6) is 0 Å². The molecular formula is C14H22N4O2. The van der Waals surface area contributed by atoms with Crippen molar-refractivity contribution < 1.29 is 9.59 Å². The van der Waals surface area contributed by atoms with E-state index in [0.29, 0.717) is 19.5 Å². The number of carbonyl (C=O) groups is 2. The first-order valence-corrected chi connectivity index (χ1v) is 6.53. The van der Waals surface area contributed by atoms with Crippen LogP contribution in [0, 0.1) is 0 Å². The summed E-state index contributed by atoms with van der Waals surface area (Å²) in [5, 5.41) is 5.38. The van der Waals surface area contributed by atoms with Crippen molar-refractivity contribution in [3.63, 3.8) is 0 Å². The molecule has 0 aliphatic heterocycles. The first-order chi connectivity index (χ1) is 9.56. The van der Waals surface area contributed by atoms with Crippen LogP contribution in [0.25, 0.3) is 0 Å². The SMILES string of the molecule is CNC(=O)CCN(C)CC(=O)Nc1ccccc1CN. The van der Waals surface area contributed by atoms with E-state index in [0.717, 1.165) is 11.3 Å². The van der Waals surface area contributed by atoms with Crippen LogP contribution in [0.1, 0.15) is 12.0 Å². The van der Waals surface area contributed by atoms with Crippen molar-refractivity contribution in [2.45, 2.75) is 13.0 Å². The number of hydrogen-bond donors (Lipinski definition) is 3. The number of nitrogens with zero attached hydrogens (tertiary/aromatic N) is 1. The Morgan fingerprint density at radius 1 is 1.25 bits per heavy atom. The maximum absolute atomic E-state index is 11.9. The Labute approximate surface area is 119 Å². The average Bonchev–Trinajstić information content (AvgIpc) is 2.45. The zero-order chi connectivity index (χ0) is 15.0. The van der Waals surface area contributed by atoms with Gasteiger partial charge in [0.05, 0.1) is 6.54 Å². The number of hydrogen-bond acceptors (Lipinski definition) is 4. The summed E-state index contributed by atoms with van der Waals surface area (Å²) in [7, 11) is 3.40. The lowest BCUT2D eigenvalue weighted by Gasteiger charge is -2.16. The van der Waals surface area contributed by atoms with E-state index in [9.17, 15) is 9.59 Å². The molecule has 0 spiro atoms. The van der Waals surface area contributed by atoms with E-state index < -0.39 is 0 Å². The van der Waals surface area contributed by atoms with Gasteiger partial charge in [-0.15, -0.1) is 0 Å². The fourth-order valence-corrected chi connectivity index (χ4v) is 1.75. The Bertz CT molecular complexity index is 462. The Morgan fingerprint density at radius 2 is 1.95 bits per heavy atom. The van der Waals surface area contributed by atoms with Crippen molar-refractivity contribution in [3.8, 4) is 0 Å². The Morgan fingerprint density at radius 3 is 2.60 bits per heavy atom. The number of anilines is 1. The van der Waals surface area contributed by atoms with Gasteiger partial charge in [-0.25, -0.2) is 0 Å². The van der Waals surface area contributed by atoms with Gasteiger partial charge in [0, 0.05) is 32.2 Å². The Kier molecular flexibility index (Phi) is 6.69. The van der Waals surface area contributed by atoms with Crippen LogP contribution >= 0.6 is 0 Å². The first-order valence-electron chi connectivity index (χ1n) is 6.53. The normalized spacial score (nSPS) is 10.4. The maximum atomic E-state index is 11.9. The van der Waals surface area contributed by atoms with Crippen molar-refractivity contribution in [2.24, 2.45) is 5.73 Å². The number of likely N-dealkylation sites (N-methyl/N-ethyl adjacent to an activating group) is 1.